The zero-order chi connectivity index (χ0) is 13.0. The molecule has 0 saturated carbocycles. The van der Waals surface area contributed by atoms with Crippen LogP contribution in [0.4, 0.5) is 0 Å². The quantitative estimate of drug-likeness (QED) is 0.805. The van der Waals surface area contributed by atoms with E-state index in [1.54, 1.807) is 12.3 Å². The molecule has 2 unspecified atom stereocenters. The van der Waals surface area contributed by atoms with Crippen LogP contribution in [0.2, 0.25) is 0 Å². The third-order valence-corrected chi connectivity index (χ3v) is 3.52. The lowest BCUT2D eigenvalue weighted by Gasteiger charge is -2.23. The highest BCUT2D eigenvalue weighted by molar-refractivity contribution is 5.81. The fourth-order valence-electron chi connectivity index (χ4n) is 2.26. The number of amides is 1. The Morgan fingerprint density at radius 3 is 3.17 bits per heavy atom. The van der Waals surface area contributed by atoms with Gasteiger partial charge in [-0.05, 0) is 37.9 Å². The molecule has 1 amide bonds. The first kappa shape index (κ1) is 13.1. The van der Waals surface area contributed by atoms with E-state index >= 15 is 0 Å². The van der Waals surface area contributed by atoms with Gasteiger partial charge in [-0.1, -0.05) is 0 Å². The predicted molar refractivity (Wildman–Crippen MR) is 66.8 cm³/mol. The number of nitrogens with one attached hydrogen (secondary N) is 1. The molecule has 0 aromatic carbocycles. The first-order valence-corrected chi connectivity index (χ1v) is 6.35. The molecule has 2 rings (SSSR count). The molecule has 2 heterocycles. The molecule has 0 radical (unpaired) electrons. The van der Waals surface area contributed by atoms with Crippen LogP contribution in [-0.2, 0) is 11.3 Å². The number of likely N-dealkylation sites (tertiary alicyclic amines) is 1. The van der Waals surface area contributed by atoms with E-state index in [9.17, 15) is 4.79 Å². The maximum atomic E-state index is 12.0. The largest absolute Gasteiger partial charge is 0.467 e. The number of aliphatic hydroxyl groups is 1. The monoisotopic (exact) mass is 252 g/mol. The van der Waals surface area contributed by atoms with Crippen LogP contribution in [0.3, 0.4) is 0 Å². The van der Waals surface area contributed by atoms with E-state index in [-0.39, 0.29) is 18.6 Å². The molecule has 1 aromatic rings. The van der Waals surface area contributed by atoms with Crippen LogP contribution in [0, 0.1) is 5.92 Å². The highest BCUT2D eigenvalue weighted by Gasteiger charge is 2.28. The van der Waals surface area contributed by atoms with Crippen molar-refractivity contribution in [1.29, 1.82) is 0 Å². The third kappa shape index (κ3) is 3.11. The normalized spacial score (nSPS) is 22.0. The van der Waals surface area contributed by atoms with Gasteiger partial charge >= 0.3 is 0 Å². The van der Waals surface area contributed by atoms with E-state index in [4.69, 9.17) is 9.52 Å². The van der Waals surface area contributed by atoms with E-state index in [0.717, 1.165) is 25.3 Å². The van der Waals surface area contributed by atoms with Crippen LogP contribution in [0.5, 0.6) is 0 Å². The van der Waals surface area contributed by atoms with Gasteiger partial charge in [0, 0.05) is 13.2 Å². The molecule has 5 nitrogen and oxygen atoms in total. The standard InChI is InChI=1S/C13H20N2O3/c1-10(15-5-4-11(8-15)9-16)13(17)14-7-12-3-2-6-18-12/h2-3,6,10-11,16H,4-5,7-9H2,1H3,(H,14,17). The van der Waals surface area contributed by atoms with Gasteiger partial charge in [0.25, 0.3) is 0 Å². The van der Waals surface area contributed by atoms with Crippen LogP contribution in [0.1, 0.15) is 19.1 Å². The lowest BCUT2D eigenvalue weighted by molar-refractivity contribution is -0.125. The van der Waals surface area contributed by atoms with Crippen molar-refractivity contribution in [2.45, 2.75) is 25.9 Å². The number of carbonyl (C=O) groups excluding carboxylic acids is 1. The Hall–Kier alpha value is -1.33. The van der Waals surface area contributed by atoms with Crippen molar-refractivity contribution in [1.82, 2.24) is 10.2 Å². The number of nitrogens with zero attached hydrogens (tertiary/aromatic N) is 1. The van der Waals surface area contributed by atoms with Crippen molar-refractivity contribution in [3.8, 4) is 0 Å². The van der Waals surface area contributed by atoms with Gasteiger partial charge in [0.15, 0.2) is 0 Å². The van der Waals surface area contributed by atoms with E-state index < -0.39 is 0 Å². The maximum absolute atomic E-state index is 12.0. The summed E-state index contributed by atoms with van der Waals surface area (Å²) in [6.45, 7) is 4.20. The van der Waals surface area contributed by atoms with Crippen LogP contribution in [0.15, 0.2) is 22.8 Å². The lowest BCUT2D eigenvalue weighted by atomic mass is 10.1. The minimum Gasteiger partial charge on any atom is -0.467 e. The molecule has 5 heteroatoms. The Labute approximate surface area is 107 Å². The van der Waals surface area contributed by atoms with Gasteiger partial charge in [-0.15, -0.1) is 0 Å². The second-order valence-corrected chi connectivity index (χ2v) is 4.81. The molecule has 1 aliphatic heterocycles. The lowest BCUT2D eigenvalue weighted by Crippen LogP contribution is -2.43. The Morgan fingerprint density at radius 1 is 1.72 bits per heavy atom. The average molecular weight is 252 g/mol. The van der Waals surface area contributed by atoms with Crippen LogP contribution in [0.25, 0.3) is 0 Å². The summed E-state index contributed by atoms with van der Waals surface area (Å²) in [5.74, 6) is 1.07. The number of hydrogen-bond acceptors (Lipinski definition) is 4. The van der Waals surface area contributed by atoms with Crippen LogP contribution < -0.4 is 5.32 Å². The molecule has 1 aromatic heterocycles. The summed E-state index contributed by atoms with van der Waals surface area (Å²) < 4.78 is 5.16. The molecule has 0 bridgehead atoms. The van der Waals surface area contributed by atoms with E-state index in [2.05, 4.69) is 10.2 Å². The molecular formula is C13H20N2O3. The summed E-state index contributed by atoms with van der Waals surface area (Å²) in [4.78, 5) is 14.1. The van der Waals surface area contributed by atoms with Gasteiger partial charge in [-0.3, -0.25) is 9.69 Å². The molecule has 0 aliphatic carbocycles. The van der Waals surface area contributed by atoms with E-state index in [1.165, 1.54) is 0 Å². The van der Waals surface area contributed by atoms with Crippen LogP contribution in [-0.4, -0.2) is 41.7 Å². The number of hydrogen-bond donors (Lipinski definition) is 2. The van der Waals surface area contributed by atoms with Gasteiger partial charge < -0.3 is 14.8 Å². The SMILES string of the molecule is CC(C(=O)NCc1ccco1)N1CCC(CO)C1. The van der Waals surface area contributed by atoms with Gasteiger partial charge in [-0.2, -0.15) is 0 Å². The smallest absolute Gasteiger partial charge is 0.237 e. The Morgan fingerprint density at radius 2 is 2.56 bits per heavy atom. The zero-order valence-corrected chi connectivity index (χ0v) is 10.6. The molecule has 18 heavy (non-hydrogen) atoms. The Bertz CT molecular complexity index is 378. The van der Waals surface area contributed by atoms with Crippen molar-refractivity contribution in [2.24, 2.45) is 5.92 Å². The van der Waals surface area contributed by atoms with Crippen molar-refractivity contribution < 1.29 is 14.3 Å². The summed E-state index contributed by atoms with van der Waals surface area (Å²) in [7, 11) is 0. The summed E-state index contributed by atoms with van der Waals surface area (Å²) in [5, 5.41) is 12.0. The summed E-state index contributed by atoms with van der Waals surface area (Å²) in [5.41, 5.74) is 0. The second-order valence-electron chi connectivity index (χ2n) is 4.81. The van der Waals surface area contributed by atoms with Crippen molar-refractivity contribution >= 4 is 5.91 Å². The topological polar surface area (TPSA) is 65.7 Å². The fourth-order valence-corrected chi connectivity index (χ4v) is 2.26. The Kier molecular flexibility index (Phi) is 4.38. The number of furan rings is 1. The second kappa shape index (κ2) is 6.02. The number of carbonyl (C=O) groups is 1. The van der Waals surface area contributed by atoms with Crippen molar-refractivity contribution in [3.63, 3.8) is 0 Å². The number of rotatable bonds is 5. The molecule has 1 aliphatic rings. The van der Waals surface area contributed by atoms with E-state index in [1.807, 2.05) is 13.0 Å². The molecule has 100 valence electrons. The maximum Gasteiger partial charge on any atom is 0.237 e. The van der Waals surface area contributed by atoms with Crippen molar-refractivity contribution in [2.75, 3.05) is 19.7 Å². The molecule has 2 N–H and O–H groups in total. The average Bonchev–Trinajstić information content (AvgIpc) is 3.05. The highest BCUT2D eigenvalue weighted by atomic mass is 16.3. The first-order chi connectivity index (χ1) is 8.70. The van der Waals surface area contributed by atoms with Gasteiger partial charge in [-0.25, -0.2) is 0 Å². The fraction of sp³-hybridized carbons (Fsp3) is 0.615. The highest BCUT2D eigenvalue weighted by Crippen LogP contribution is 2.17. The first-order valence-electron chi connectivity index (χ1n) is 6.35. The molecule has 2 atom stereocenters. The van der Waals surface area contributed by atoms with Gasteiger partial charge in [0.1, 0.15) is 5.76 Å². The summed E-state index contributed by atoms with van der Waals surface area (Å²) in [6, 6.07) is 3.48. The third-order valence-electron chi connectivity index (χ3n) is 3.52. The van der Waals surface area contributed by atoms with Gasteiger partial charge in [0.05, 0.1) is 18.8 Å². The summed E-state index contributed by atoms with van der Waals surface area (Å²) in [6.07, 6.45) is 2.56. The van der Waals surface area contributed by atoms with Gasteiger partial charge in [0.2, 0.25) is 5.91 Å². The Balaban J connectivity index is 1.78. The molecular weight excluding hydrogens is 232 g/mol. The van der Waals surface area contributed by atoms with Crippen molar-refractivity contribution in [3.05, 3.63) is 24.2 Å². The summed E-state index contributed by atoms with van der Waals surface area (Å²) >= 11 is 0. The number of aliphatic hydroxyl groups excluding tert-OH is 1. The molecule has 0 spiro atoms. The minimum atomic E-state index is -0.156. The zero-order valence-electron chi connectivity index (χ0n) is 10.6. The van der Waals surface area contributed by atoms with Crippen LogP contribution >= 0.6 is 0 Å². The molecule has 1 fully saturated rings. The molecule has 1 saturated heterocycles. The minimum absolute atomic E-state index is 0.00462. The predicted octanol–water partition coefficient (Wildman–Crippen LogP) is 0.599. The van der Waals surface area contributed by atoms with E-state index in [0.29, 0.717) is 12.5 Å².